The lowest BCUT2D eigenvalue weighted by Gasteiger charge is -2.24. The molecule has 3 aromatic heterocycles. The second-order valence-corrected chi connectivity index (χ2v) is 10.2. The zero-order chi connectivity index (χ0) is 25.5. The van der Waals surface area contributed by atoms with Crippen molar-refractivity contribution >= 4 is 60.8 Å². The van der Waals surface area contributed by atoms with Gasteiger partial charge in [-0.3, -0.25) is 4.98 Å². The molecule has 4 aromatic carbocycles. The molecule has 0 radical (unpaired) electrons. The van der Waals surface area contributed by atoms with Crippen LogP contribution in [-0.4, -0.2) is 15.3 Å². The van der Waals surface area contributed by atoms with Crippen LogP contribution >= 0.6 is 0 Å². The predicted molar refractivity (Wildman–Crippen MR) is 160 cm³/mol. The fourth-order valence-electron chi connectivity index (χ4n) is 6.53. The second-order valence-electron chi connectivity index (χ2n) is 10.2. The van der Waals surface area contributed by atoms with Gasteiger partial charge in [-0.2, -0.15) is 4.58 Å². The van der Waals surface area contributed by atoms with Crippen molar-refractivity contribution in [1.82, 2.24) is 14.1 Å². The van der Waals surface area contributed by atoms with Gasteiger partial charge in [0.05, 0.1) is 5.52 Å². The van der Waals surface area contributed by atoms with Gasteiger partial charge in [0.2, 0.25) is 17.1 Å². The average Bonchev–Trinajstić information content (AvgIpc) is 3.55. The molecule has 0 bridgehead atoms. The molecule has 0 saturated heterocycles. The van der Waals surface area contributed by atoms with Crippen LogP contribution in [0.3, 0.4) is 0 Å². The van der Waals surface area contributed by atoms with E-state index in [-0.39, 0.29) is 6.04 Å². The summed E-state index contributed by atoms with van der Waals surface area (Å²) in [6.45, 7) is 0. The molecule has 4 heterocycles. The summed E-state index contributed by atoms with van der Waals surface area (Å²) in [6.07, 6.45) is 12.6. The molecule has 0 spiro atoms. The van der Waals surface area contributed by atoms with Crippen LogP contribution in [0.5, 0.6) is 0 Å². The summed E-state index contributed by atoms with van der Waals surface area (Å²) in [5.41, 5.74) is 10.0. The molecule has 4 heteroatoms. The largest absolute Gasteiger partial charge is 0.454 e. The molecule has 1 aliphatic carbocycles. The first kappa shape index (κ1) is 20.8. The molecule has 1 aliphatic heterocycles. The molecule has 182 valence electrons. The number of pyridine rings is 1. The van der Waals surface area contributed by atoms with E-state index in [0.29, 0.717) is 0 Å². The molecule has 0 amide bonds. The number of hydrogen-bond acceptors (Lipinski definition) is 2. The van der Waals surface area contributed by atoms with E-state index in [4.69, 9.17) is 4.42 Å². The first-order valence-corrected chi connectivity index (χ1v) is 13.3. The molecule has 2 aliphatic rings. The highest BCUT2D eigenvalue weighted by Crippen LogP contribution is 2.46. The van der Waals surface area contributed by atoms with Gasteiger partial charge in [0.1, 0.15) is 17.1 Å². The number of hydrogen-bond donors (Lipinski definition) is 0. The number of allylic oxidation sites excluding steroid dienone is 4. The standard InChI is InChI=1S/C35H22N3O/c1-4-16-32-25(11-1)28-18-17-27-26-12-6-15-31-33(26)38(34(27)35(28)39-32)30-14-3-2-13-29(30)37(31)24-10-5-8-22(20-24)23-9-7-19-36-21-23/h1-21,30H/q+1. The van der Waals surface area contributed by atoms with Crippen molar-refractivity contribution in [3.8, 4) is 11.1 Å². The Morgan fingerprint density at radius 3 is 2.51 bits per heavy atom. The number of aromatic nitrogens is 2. The number of rotatable bonds is 2. The Morgan fingerprint density at radius 1 is 0.718 bits per heavy atom. The van der Waals surface area contributed by atoms with Gasteiger partial charge in [0, 0.05) is 63.8 Å². The number of nitrogens with zero attached hydrogens (tertiary/aromatic N) is 3. The minimum atomic E-state index is 0.0331. The minimum absolute atomic E-state index is 0.0331. The summed E-state index contributed by atoms with van der Waals surface area (Å²) in [6, 6.07) is 32.3. The molecule has 0 N–H and O–H groups in total. The number of furan rings is 1. The monoisotopic (exact) mass is 500 g/mol. The Balaban J connectivity index is 1.39. The van der Waals surface area contributed by atoms with Crippen LogP contribution in [-0.2, 0) is 0 Å². The van der Waals surface area contributed by atoms with Crippen molar-refractivity contribution < 1.29 is 4.42 Å². The van der Waals surface area contributed by atoms with Crippen molar-refractivity contribution in [2.75, 3.05) is 0 Å². The van der Waals surface area contributed by atoms with Gasteiger partial charge in [-0.25, -0.2) is 0 Å². The summed E-state index contributed by atoms with van der Waals surface area (Å²) in [5.74, 6) is 0. The summed E-state index contributed by atoms with van der Waals surface area (Å²) in [5, 5.41) is 4.76. The summed E-state index contributed by atoms with van der Waals surface area (Å²) < 4.78 is 11.5. The van der Waals surface area contributed by atoms with Crippen molar-refractivity contribution in [2.24, 2.45) is 0 Å². The molecule has 9 rings (SSSR count). The first-order chi connectivity index (χ1) is 19.4. The normalized spacial score (nSPS) is 16.2. The predicted octanol–water partition coefficient (Wildman–Crippen LogP) is 8.71. The van der Waals surface area contributed by atoms with Crippen molar-refractivity contribution in [1.29, 1.82) is 0 Å². The topological polar surface area (TPSA) is 34.0 Å². The highest BCUT2D eigenvalue weighted by molar-refractivity contribution is 6.24. The molecule has 39 heavy (non-hydrogen) atoms. The van der Waals surface area contributed by atoms with Gasteiger partial charge in [-0.15, -0.1) is 0 Å². The van der Waals surface area contributed by atoms with E-state index in [1.807, 2.05) is 24.5 Å². The highest BCUT2D eigenvalue weighted by atomic mass is 16.3. The van der Waals surface area contributed by atoms with Gasteiger partial charge in [-0.1, -0.05) is 72.8 Å². The lowest BCUT2D eigenvalue weighted by Crippen LogP contribution is -2.30. The third kappa shape index (κ3) is 2.78. The van der Waals surface area contributed by atoms with E-state index >= 15 is 0 Å². The Morgan fingerprint density at radius 2 is 1.56 bits per heavy atom. The zero-order valence-corrected chi connectivity index (χ0v) is 21.0. The number of para-hydroxylation sites is 2. The average molecular weight is 501 g/mol. The number of benzene rings is 4. The van der Waals surface area contributed by atoms with Crippen LogP contribution in [0.2, 0.25) is 0 Å². The van der Waals surface area contributed by atoms with Gasteiger partial charge < -0.3 is 8.98 Å². The smallest absolute Gasteiger partial charge is 0.235 e. The third-order valence-corrected chi connectivity index (χ3v) is 8.16. The van der Waals surface area contributed by atoms with Crippen LogP contribution in [0.4, 0.5) is 11.4 Å². The Labute approximate surface area is 224 Å². The van der Waals surface area contributed by atoms with Crippen LogP contribution < -0.4 is 4.58 Å². The van der Waals surface area contributed by atoms with Gasteiger partial charge in [0.15, 0.2) is 5.58 Å². The van der Waals surface area contributed by atoms with E-state index in [2.05, 4.69) is 117 Å². The fraction of sp³-hybridized carbons (Fsp3) is 0.0286. The van der Waals surface area contributed by atoms with Gasteiger partial charge >= 0.3 is 0 Å². The van der Waals surface area contributed by atoms with Crippen LogP contribution in [0, 0.1) is 0 Å². The summed E-state index contributed by atoms with van der Waals surface area (Å²) in [4.78, 5) is 4.34. The quantitative estimate of drug-likeness (QED) is 0.223. The lowest BCUT2D eigenvalue weighted by atomic mass is 10.0. The van der Waals surface area contributed by atoms with Gasteiger partial charge in [-0.05, 0) is 23.8 Å². The summed E-state index contributed by atoms with van der Waals surface area (Å²) >= 11 is 0. The van der Waals surface area contributed by atoms with Crippen LogP contribution in [0.1, 0.15) is 6.04 Å². The van der Waals surface area contributed by atoms with Crippen LogP contribution in [0.25, 0.3) is 54.9 Å². The highest BCUT2D eigenvalue weighted by Gasteiger charge is 2.38. The second kappa shape index (κ2) is 7.65. The molecule has 4 nitrogen and oxygen atoms in total. The zero-order valence-electron chi connectivity index (χ0n) is 21.0. The Bertz CT molecular complexity index is 2230. The van der Waals surface area contributed by atoms with E-state index in [1.54, 1.807) is 0 Å². The fourth-order valence-corrected chi connectivity index (χ4v) is 6.53. The SMILES string of the molecule is C1=CC2=[N+](c3cccc(-c4cccnc4)c3)c3cccc4c5ccc6c7ccccc7oc6c5n(c34)C2C=C1. The molecule has 7 aromatic rings. The van der Waals surface area contributed by atoms with Gasteiger partial charge in [0.25, 0.3) is 0 Å². The maximum atomic E-state index is 6.57. The molecular formula is C35H22N3O+. The van der Waals surface area contributed by atoms with E-state index in [1.165, 1.54) is 27.7 Å². The molecule has 0 fully saturated rings. The maximum absolute atomic E-state index is 6.57. The Hall–Kier alpha value is -5.22. The van der Waals surface area contributed by atoms with Crippen LogP contribution in [0.15, 0.2) is 132 Å². The third-order valence-electron chi connectivity index (χ3n) is 8.16. The van der Waals surface area contributed by atoms with E-state index in [0.717, 1.165) is 44.3 Å². The lowest BCUT2D eigenvalue weighted by molar-refractivity contribution is 0.667. The van der Waals surface area contributed by atoms with Crippen molar-refractivity contribution in [3.05, 3.63) is 128 Å². The molecule has 0 saturated carbocycles. The first-order valence-electron chi connectivity index (χ1n) is 13.3. The molecule has 1 atom stereocenters. The molecular weight excluding hydrogens is 478 g/mol. The van der Waals surface area contributed by atoms with E-state index < -0.39 is 0 Å². The summed E-state index contributed by atoms with van der Waals surface area (Å²) in [7, 11) is 0. The van der Waals surface area contributed by atoms with Crippen molar-refractivity contribution in [2.45, 2.75) is 6.04 Å². The van der Waals surface area contributed by atoms with E-state index in [9.17, 15) is 0 Å². The maximum Gasteiger partial charge on any atom is 0.235 e. The molecule has 1 unspecified atom stereocenters. The minimum Gasteiger partial charge on any atom is -0.454 e. The number of fused-ring (bicyclic) bond motifs is 9. The van der Waals surface area contributed by atoms with Crippen molar-refractivity contribution in [3.63, 3.8) is 0 Å². The Kier molecular flexibility index (Phi) is 4.08.